The van der Waals surface area contributed by atoms with Gasteiger partial charge in [-0.1, -0.05) is 42.5 Å². The Hall–Kier alpha value is -2.73. The van der Waals surface area contributed by atoms with Crippen LogP contribution in [-0.2, 0) is 17.6 Å². The molecule has 2 N–H and O–H groups in total. The predicted octanol–water partition coefficient (Wildman–Crippen LogP) is 2.08. The molecule has 0 unspecified atom stereocenters. The van der Waals surface area contributed by atoms with Crippen molar-refractivity contribution < 1.29 is 9.72 Å². The van der Waals surface area contributed by atoms with Crippen LogP contribution >= 0.6 is 0 Å². The lowest BCUT2D eigenvalue weighted by Gasteiger charge is -2.16. The van der Waals surface area contributed by atoms with Crippen molar-refractivity contribution in [3.63, 3.8) is 0 Å². The molecule has 6 heteroatoms. The summed E-state index contributed by atoms with van der Waals surface area (Å²) in [6, 6.07) is 15.6. The Morgan fingerprint density at radius 3 is 2.27 bits per heavy atom. The molecule has 22 heavy (non-hydrogen) atoms. The number of hydrazine groups is 1. The Balaban J connectivity index is 1.85. The molecular weight excluding hydrogens is 282 g/mol. The summed E-state index contributed by atoms with van der Waals surface area (Å²) in [5, 5.41) is 11.8. The van der Waals surface area contributed by atoms with Gasteiger partial charge >= 0.3 is 0 Å². The fourth-order valence-corrected chi connectivity index (χ4v) is 2.03. The van der Waals surface area contributed by atoms with Crippen molar-refractivity contribution in [2.45, 2.75) is 12.8 Å². The third-order valence-corrected chi connectivity index (χ3v) is 3.31. The van der Waals surface area contributed by atoms with E-state index < -0.39 is 4.92 Å². The summed E-state index contributed by atoms with van der Waals surface area (Å²) in [7, 11) is 0. The maximum Gasteiger partial charge on any atom is 0.269 e. The SMILES string of the molecule is NN(CCc1ccc([N+](=O)[O-])cc1)C(=O)Cc1ccccc1. The molecule has 0 aliphatic heterocycles. The lowest BCUT2D eigenvalue weighted by Crippen LogP contribution is -2.39. The zero-order chi connectivity index (χ0) is 15.9. The van der Waals surface area contributed by atoms with Crippen LogP contribution in [0.1, 0.15) is 11.1 Å². The highest BCUT2D eigenvalue weighted by atomic mass is 16.6. The van der Waals surface area contributed by atoms with Crippen LogP contribution in [-0.4, -0.2) is 22.4 Å². The Kier molecular flexibility index (Phi) is 5.21. The fourth-order valence-electron chi connectivity index (χ4n) is 2.03. The zero-order valence-electron chi connectivity index (χ0n) is 12.0. The largest absolute Gasteiger partial charge is 0.280 e. The quantitative estimate of drug-likeness (QED) is 0.383. The molecule has 0 aliphatic carbocycles. The van der Waals surface area contributed by atoms with Gasteiger partial charge in [0, 0.05) is 18.7 Å². The van der Waals surface area contributed by atoms with Crippen molar-refractivity contribution in [3.05, 3.63) is 75.8 Å². The molecule has 2 aromatic rings. The molecule has 114 valence electrons. The molecule has 0 aromatic heterocycles. The maximum absolute atomic E-state index is 12.0. The first-order valence-electron chi connectivity index (χ1n) is 6.88. The van der Waals surface area contributed by atoms with Crippen molar-refractivity contribution in [1.82, 2.24) is 5.01 Å². The van der Waals surface area contributed by atoms with Gasteiger partial charge in [0.15, 0.2) is 0 Å². The standard InChI is InChI=1S/C16H17N3O3/c17-18(16(20)12-14-4-2-1-3-5-14)11-10-13-6-8-15(9-7-13)19(21)22/h1-9H,10-12,17H2. The van der Waals surface area contributed by atoms with E-state index in [2.05, 4.69) is 0 Å². The number of carbonyl (C=O) groups is 1. The fraction of sp³-hybridized carbons (Fsp3) is 0.188. The summed E-state index contributed by atoms with van der Waals surface area (Å²) in [5.41, 5.74) is 1.86. The van der Waals surface area contributed by atoms with Gasteiger partial charge in [0.05, 0.1) is 11.3 Å². The molecule has 0 atom stereocenters. The number of nitrogens with two attached hydrogens (primary N) is 1. The van der Waals surface area contributed by atoms with Gasteiger partial charge in [0.25, 0.3) is 5.69 Å². The third-order valence-electron chi connectivity index (χ3n) is 3.31. The number of hydrogen-bond donors (Lipinski definition) is 1. The highest BCUT2D eigenvalue weighted by Gasteiger charge is 2.11. The first-order valence-corrected chi connectivity index (χ1v) is 6.88. The van der Waals surface area contributed by atoms with Crippen molar-refractivity contribution in [2.24, 2.45) is 5.84 Å². The smallest absolute Gasteiger partial charge is 0.269 e. The van der Waals surface area contributed by atoms with Crippen LogP contribution < -0.4 is 5.84 Å². The highest BCUT2D eigenvalue weighted by Crippen LogP contribution is 2.12. The van der Waals surface area contributed by atoms with Gasteiger partial charge in [-0.2, -0.15) is 0 Å². The summed E-state index contributed by atoms with van der Waals surface area (Å²) < 4.78 is 0. The number of rotatable bonds is 6. The molecule has 0 aliphatic rings. The minimum Gasteiger partial charge on any atom is -0.280 e. The second-order valence-corrected chi connectivity index (χ2v) is 4.92. The van der Waals surface area contributed by atoms with Gasteiger partial charge in [-0.15, -0.1) is 0 Å². The van der Waals surface area contributed by atoms with Crippen LogP contribution in [0.3, 0.4) is 0 Å². The molecule has 0 spiro atoms. The topological polar surface area (TPSA) is 89.5 Å². The lowest BCUT2D eigenvalue weighted by atomic mass is 10.1. The van der Waals surface area contributed by atoms with Gasteiger partial charge in [-0.05, 0) is 17.5 Å². The number of amides is 1. The van der Waals surface area contributed by atoms with Gasteiger partial charge in [-0.3, -0.25) is 19.9 Å². The van der Waals surface area contributed by atoms with Crippen LogP contribution in [0.4, 0.5) is 5.69 Å². The van der Waals surface area contributed by atoms with Gasteiger partial charge in [0.1, 0.15) is 0 Å². The molecule has 6 nitrogen and oxygen atoms in total. The molecule has 0 saturated carbocycles. The monoisotopic (exact) mass is 299 g/mol. The molecule has 2 rings (SSSR count). The number of carbonyl (C=O) groups excluding carboxylic acids is 1. The second-order valence-electron chi connectivity index (χ2n) is 4.92. The number of non-ortho nitro benzene ring substituents is 1. The number of hydrogen-bond acceptors (Lipinski definition) is 4. The van der Waals surface area contributed by atoms with Gasteiger partial charge in [0.2, 0.25) is 5.91 Å². The van der Waals surface area contributed by atoms with Crippen LogP contribution in [0.25, 0.3) is 0 Å². The number of nitro groups is 1. The van der Waals surface area contributed by atoms with E-state index in [-0.39, 0.29) is 18.0 Å². The van der Waals surface area contributed by atoms with E-state index in [0.29, 0.717) is 13.0 Å². The van der Waals surface area contributed by atoms with Crippen LogP contribution in [0.15, 0.2) is 54.6 Å². The lowest BCUT2D eigenvalue weighted by molar-refractivity contribution is -0.384. The minimum atomic E-state index is -0.442. The Labute approximate surface area is 128 Å². The molecule has 1 amide bonds. The van der Waals surface area contributed by atoms with Crippen molar-refractivity contribution in [3.8, 4) is 0 Å². The average molecular weight is 299 g/mol. The highest BCUT2D eigenvalue weighted by molar-refractivity contribution is 5.78. The van der Waals surface area contributed by atoms with Crippen LogP contribution in [0.5, 0.6) is 0 Å². The Bertz CT molecular complexity index is 641. The Morgan fingerprint density at radius 2 is 1.68 bits per heavy atom. The number of benzene rings is 2. The van der Waals surface area contributed by atoms with E-state index in [0.717, 1.165) is 11.1 Å². The molecule has 0 heterocycles. The normalized spacial score (nSPS) is 10.2. The zero-order valence-corrected chi connectivity index (χ0v) is 12.0. The summed E-state index contributed by atoms with van der Waals surface area (Å²) in [6.07, 6.45) is 0.812. The van der Waals surface area contributed by atoms with Gasteiger partial charge < -0.3 is 0 Å². The summed E-state index contributed by atoms with van der Waals surface area (Å²) >= 11 is 0. The van der Waals surface area contributed by atoms with E-state index in [4.69, 9.17) is 5.84 Å². The first-order chi connectivity index (χ1) is 10.6. The van der Waals surface area contributed by atoms with Crippen LogP contribution in [0, 0.1) is 10.1 Å². The summed E-state index contributed by atoms with van der Waals surface area (Å²) in [4.78, 5) is 22.1. The first kappa shape index (κ1) is 15.7. The molecule has 0 bridgehead atoms. The Morgan fingerprint density at radius 1 is 1.05 bits per heavy atom. The third kappa shape index (κ3) is 4.39. The number of nitrogens with zero attached hydrogens (tertiary/aromatic N) is 2. The van der Waals surface area contributed by atoms with Crippen molar-refractivity contribution in [2.75, 3.05) is 6.54 Å². The van der Waals surface area contributed by atoms with E-state index >= 15 is 0 Å². The maximum atomic E-state index is 12.0. The van der Waals surface area contributed by atoms with E-state index in [1.807, 2.05) is 30.3 Å². The second kappa shape index (κ2) is 7.33. The van der Waals surface area contributed by atoms with E-state index in [1.165, 1.54) is 17.1 Å². The average Bonchev–Trinajstić information content (AvgIpc) is 2.53. The minimum absolute atomic E-state index is 0.0495. The van der Waals surface area contributed by atoms with Crippen molar-refractivity contribution in [1.29, 1.82) is 0 Å². The molecule has 0 saturated heterocycles. The molecule has 0 radical (unpaired) electrons. The molecular formula is C16H17N3O3. The molecule has 0 fully saturated rings. The van der Waals surface area contributed by atoms with Gasteiger partial charge in [-0.25, -0.2) is 5.84 Å². The number of nitro benzene ring substituents is 1. The van der Waals surface area contributed by atoms with E-state index in [1.54, 1.807) is 12.1 Å². The summed E-state index contributed by atoms with van der Waals surface area (Å²) in [5.74, 6) is 5.61. The molecule has 2 aromatic carbocycles. The summed E-state index contributed by atoms with van der Waals surface area (Å²) in [6.45, 7) is 0.365. The van der Waals surface area contributed by atoms with Crippen molar-refractivity contribution >= 4 is 11.6 Å². The van der Waals surface area contributed by atoms with E-state index in [9.17, 15) is 14.9 Å². The predicted molar refractivity (Wildman–Crippen MR) is 82.8 cm³/mol. The van der Waals surface area contributed by atoms with Crippen LogP contribution in [0.2, 0.25) is 0 Å².